The van der Waals surface area contributed by atoms with Crippen LogP contribution in [0.3, 0.4) is 0 Å². The molecule has 0 aromatic carbocycles. The van der Waals surface area contributed by atoms with Crippen molar-refractivity contribution in [2.24, 2.45) is 0 Å². The maximum Gasteiger partial charge on any atom is 0.325 e. The molecule has 19 heavy (non-hydrogen) atoms. The smallest absolute Gasteiger partial charge is 0.325 e. The van der Waals surface area contributed by atoms with Crippen LogP contribution in [0.4, 0.5) is 0 Å². The third kappa shape index (κ3) is 5.09. The van der Waals surface area contributed by atoms with Crippen LogP contribution in [0.15, 0.2) is 0 Å². The Bertz CT molecular complexity index is 280. The number of nitrogens with zero attached hydrogens (tertiary/aromatic N) is 1. The summed E-state index contributed by atoms with van der Waals surface area (Å²) in [5, 5.41) is 3.23. The quantitative estimate of drug-likeness (QED) is 0.669. The van der Waals surface area contributed by atoms with Crippen molar-refractivity contribution in [3.63, 3.8) is 0 Å². The average Bonchev–Trinajstić information content (AvgIpc) is 2.88. The van der Waals surface area contributed by atoms with Crippen molar-refractivity contribution in [3.8, 4) is 0 Å². The summed E-state index contributed by atoms with van der Waals surface area (Å²) in [4.78, 5) is 14.1. The van der Waals surface area contributed by atoms with Crippen molar-refractivity contribution in [2.75, 3.05) is 40.4 Å². The molecule has 1 saturated heterocycles. The van der Waals surface area contributed by atoms with E-state index in [1.54, 1.807) is 0 Å². The van der Waals surface area contributed by atoms with Crippen LogP contribution in [0.2, 0.25) is 0 Å². The molecule has 2 unspecified atom stereocenters. The topological polar surface area (TPSA) is 50.8 Å². The lowest BCUT2D eigenvalue weighted by atomic mass is 9.97. The van der Waals surface area contributed by atoms with Crippen LogP contribution in [0, 0.1) is 0 Å². The summed E-state index contributed by atoms with van der Waals surface area (Å²) < 4.78 is 10.5. The summed E-state index contributed by atoms with van der Waals surface area (Å²) in [6, 6.07) is 0. The van der Waals surface area contributed by atoms with Gasteiger partial charge >= 0.3 is 5.97 Å². The number of rotatable bonds is 8. The van der Waals surface area contributed by atoms with Crippen molar-refractivity contribution in [2.45, 2.75) is 44.8 Å². The van der Waals surface area contributed by atoms with Crippen LogP contribution < -0.4 is 5.32 Å². The fourth-order valence-corrected chi connectivity index (χ4v) is 2.52. The van der Waals surface area contributed by atoms with Crippen molar-refractivity contribution < 1.29 is 14.3 Å². The molecule has 1 N–H and O–H groups in total. The highest BCUT2D eigenvalue weighted by Crippen LogP contribution is 2.15. The van der Waals surface area contributed by atoms with E-state index in [1.165, 1.54) is 7.11 Å². The highest BCUT2D eigenvalue weighted by Gasteiger charge is 2.33. The van der Waals surface area contributed by atoms with Gasteiger partial charge in [-0.1, -0.05) is 6.92 Å². The molecule has 1 fully saturated rings. The molecule has 0 bridgehead atoms. The molecule has 1 heterocycles. The van der Waals surface area contributed by atoms with E-state index in [0.29, 0.717) is 6.10 Å². The molecule has 2 atom stereocenters. The molecule has 1 aliphatic rings. The minimum atomic E-state index is -0.603. The highest BCUT2D eigenvalue weighted by atomic mass is 16.5. The van der Waals surface area contributed by atoms with E-state index in [2.05, 4.69) is 17.3 Å². The highest BCUT2D eigenvalue weighted by molar-refractivity contribution is 5.80. The molecular formula is C14H28N2O3. The lowest BCUT2D eigenvalue weighted by Gasteiger charge is -2.30. The summed E-state index contributed by atoms with van der Waals surface area (Å²) >= 11 is 0. The van der Waals surface area contributed by atoms with E-state index in [0.717, 1.165) is 45.5 Å². The summed E-state index contributed by atoms with van der Waals surface area (Å²) in [6.45, 7) is 7.32. The van der Waals surface area contributed by atoms with Crippen molar-refractivity contribution >= 4 is 5.97 Å². The molecule has 0 saturated carbocycles. The van der Waals surface area contributed by atoms with Crippen molar-refractivity contribution in [3.05, 3.63) is 0 Å². The first-order chi connectivity index (χ1) is 9.01. The van der Waals surface area contributed by atoms with Gasteiger partial charge in [0.25, 0.3) is 0 Å². The minimum Gasteiger partial charge on any atom is -0.468 e. The van der Waals surface area contributed by atoms with Gasteiger partial charge in [-0.25, -0.2) is 0 Å². The normalized spacial score (nSPS) is 22.5. The van der Waals surface area contributed by atoms with Gasteiger partial charge in [0.1, 0.15) is 5.54 Å². The number of carbonyl (C=O) groups excluding carboxylic acids is 1. The van der Waals surface area contributed by atoms with Crippen LogP contribution in [-0.4, -0.2) is 62.9 Å². The van der Waals surface area contributed by atoms with Gasteiger partial charge in [-0.05, 0) is 39.8 Å². The molecular weight excluding hydrogens is 244 g/mol. The van der Waals surface area contributed by atoms with Crippen LogP contribution >= 0.6 is 0 Å². The molecule has 0 radical (unpaired) electrons. The Labute approximate surface area is 116 Å². The number of nitrogens with one attached hydrogen (secondary N) is 1. The fraction of sp³-hybridized carbons (Fsp3) is 0.929. The maximum absolute atomic E-state index is 11.9. The maximum atomic E-state index is 11.9. The van der Waals surface area contributed by atoms with Crippen LogP contribution in [0.25, 0.3) is 0 Å². The molecule has 0 amide bonds. The lowest BCUT2D eigenvalue weighted by Crippen LogP contribution is -2.52. The van der Waals surface area contributed by atoms with Gasteiger partial charge in [0.2, 0.25) is 0 Å². The molecule has 0 aromatic heterocycles. The summed E-state index contributed by atoms with van der Waals surface area (Å²) in [5.74, 6) is -0.195. The van der Waals surface area contributed by atoms with E-state index < -0.39 is 5.54 Å². The van der Waals surface area contributed by atoms with Crippen LogP contribution in [0.1, 0.15) is 33.1 Å². The second-order valence-electron chi connectivity index (χ2n) is 5.50. The zero-order valence-electron chi connectivity index (χ0n) is 12.7. The fourth-order valence-electron chi connectivity index (χ4n) is 2.52. The third-order valence-corrected chi connectivity index (χ3v) is 3.74. The first-order valence-electron chi connectivity index (χ1n) is 7.15. The van der Waals surface area contributed by atoms with Crippen molar-refractivity contribution in [1.82, 2.24) is 10.2 Å². The number of hydrogen-bond donors (Lipinski definition) is 1. The molecule has 5 nitrogen and oxygen atoms in total. The SMILES string of the molecule is CCNC(C)(CCN(C)CC1CCCO1)C(=O)OC. The monoisotopic (exact) mass is 272 g/mol. The second-order valence-corrected chi connectivity index (χ2v) is 5.50. The Balaban J connectivity index is 2.39. The second kappa shape index (κ2) is 7.82. The molecule has 112 valence electrons. The van der Waals surface area contributed by atoms with Gasteiger partial charge in [-0.2, -0.15) is 0 Å². The molecule has 5 heteroatoms. The average molecular weight is 272 g/mol. The Hall–Kier alpha value is -0.650. The Morgan fingerprint density at radius 3 is 2.84 bits per heavy atom. The summed E-state index contributed by atoms with van der Waals surface area (Å²) in [5.41, 5.74) is -0.603. The van der Waals surface area contributed by atoms with Gasteiger partial charge in [0, 0.05) is 19.7 Å². The zero-order chi connectivity index (χ0) is 14.3. The number of likely N-dealkylation sites (N-methyl/N-ethyl adjacent to an activating group) is 2. The Morgan fingerprint density at radius 2 is 2.32 bits per heavy atom. The zero-order valence-corrected chi connectivity index (χ0v) is 12.7. The third-order valence-electron chi connectivity index (χ3n) is 3.74. The van der Waals surface area contributed by atoms with Gasteiger partial charge in [0.15, 0.2) is 0 Å². The Kier molecular flexibility index (Phi) is 6.75. The van der Waals surface area contributed by atoms with Crippen LogP contribution in [0.5, 0.6) is 0 Å². The van der Waals surface area contributed by atoms with Gasteiger partial charge in [-0.15, -0.1) is 0 Å². The van der Waals surface area contributed by atoms with E-state index in [1.807, 2.05) is 13.8 Å². The summed E-state index contributed by atoms with van der Waals surface area (Å²) in [7, 11) is 3.51. The van der Waals surface area contributed by atoms with Gasteiger partial charge < -0.3 is 19.7 Å². The van der Waals surface area contributed by atoms with E-state index >= 15 is 0 Å². The first-order valence-corrected chi connectivity index (χ1v) is 7.15. The number of carbonyl (C=O) groups is 1. The van der Waals surface area contributed by atoms with Crippen LogP contribution in [-0.2, 0) is 14.3 Å². The lowest BCUT2D eigenvalue weighted by molar-refractivity contribution is -0.148. The van der Waals surface area contributed by atoms with Crippen molar-refractivity contribution in [1.29, 1.82) is 0 Å². The molecule has 0 aliphatic carbocycles. The first kappa shape index (κ1) is 16.4. The summed E-state index contributed by atoms with van der Waals surface area (Å²) in [6.07, 6.45) is 3.40. The predicted octanol–water partition coefficient (Wildman–Crippen LogP) is 1.03. The number of esters is 1. The molecule has 1 rings (SSSR count). The van der Waals surface area contributed by atoms with Gasteiger partial charge in [-0.3, -0.25) is 4.79 Å². The van der Waals surface area contributed by atoms with E-state index in [4.69, 9.17) is 9.47 Å². The van der Waals surface area contributed by atoms with Gasteiger partial charge in [0.05, 0.1) is 13.2 Å². The van der Waals surface area contributed by atoms with E-state index in [9.17, 15) is 4.79 Å². The van der Waals surface area contributed by atoms with E-state index in [-0.39, 0.29) is 5.97 Å². The number of methoxy groups -OCH3 is 1. The Morgan fingerprint density at radius 1 is 1.58 bits per heavy atom. The molecule has 1 aliphatic heterocycles. The molecule has 0 spiro atoms. The largest absolute Gasteiger partial charge is 0.468 e. The standard InChI is InChI=1S/C14H28N2O3/c1-5-15-14(2,13(17)18-4)8-9-16(3)11-12-7-6-10-19-12/h12,15H,5-11H2,1-4H3. The predicted molar refractivity (Wildman–Crippen MR) is 75.2 cm³/mol. The number of hydrogen-bond acceptors (Lipinski definition) is 5. The minimum absolute atomic E-state index is 0.195. The number of ether oxygens (including phenoxy) is 2. The molecule has 0 aromatic rings.